The van der Waals surface area contributed by atoms with Gasteiger partial charge >= 0.3 is 0 Å². The van der Waals surface area contributed by atoms with E-state index in [0.29, 0.717) is 6.42 Å². The van der Waals surface area contributed by atoms with E-state index in [0.717, 1.165) is 5.57 Å². The van der Waals surface area contributed by atoms with Gasteiger partial charge in [-0.25, -0.2) is 0 Å². The molecule has 2 heteroatoms. The van der Waals surface area contributed by atoms with Crippen LogP contribution in [0.1, 0.15) is 12.0 Å². The smallest absolute Gasteiger partial charge is 0.0867 e. The molecule has 2 nitrogen and oxygen atoms in total. The predicted octanol–water partition coefficient (Wildman–Crippen LogP) is 2.20. The predicted molar refractivity (Wildman–Crippen MR) is 68.4 cm³/mol. The molecule has 0 radical (unpaired) electrons. The molecule has 0 saturated heterocycles. The summed E-state index contributed by atoms with van der Waals surface area (Å²) >= 11 is 0. The van der Waals surface area contributed by atoms with Gasteiger partial charge in [-0.15, -0.1) is 0 Å². The van der Waals surface area contributed by atoms with Crippen LogP contribution >= 0.6 is 0 Å². The van der Waals surface area contributed by atoms with Gasteiger partial charge in [-0.1, -0.05) is 54.6 Å². The van der Waals surface area contributed by atoms with Crippen molar-refractivity contribution in [3.8, 4) is 0 Å². The molecule has 0 saturated carbocycles. The molecule has 4 N–H and O–H groups in total. The molecule has 1 aromatic carbocycles. The fourth-order valence-electron chi connectivity index (χ4n) is 1.56. The van der Waals surface area contributed by atoms with Crippen LogP contribution in [0.4, 0.5) is 0 Å². The van der Waals surface area contributed by atoms with Gasteiger partial charge in [-0.2, -0.15) is 0 Å². The molecule has 0 aliphatic heterocycles. The van der Waals surface area contributed by atoms with E-state index >= 15 is 0 Å². The summed E-state index contributed by atoms with van der Waals surface area (Å²) in [6.45, 7) is 0. The Labute approximate surface area is 96.0 Å². The van der Waals surface area contributed by atoms with E-state index in [1.165, 1.54) is 5.56 Å². The summed E-state index contributed by atoms with van der Waals surface area (Å²) in [5, 5.41) is 0. The lowest BCUT2D eigenvalue weighted by molar-refractivity contribution is 0.555. The molecule has 0 heterocycles. The second kappa shape index (κ2) is 4.47. The summed E-state index contributed by atoms with van der Waals surface area (Å²) < 4.78 is 0. The molecule has 2 rings (SSSR count). The highest BCUT2D eigenvalue weighted by atomic mass is 14.9. The van der Waals surface area contributed by atoms with E-state index in [2.05, 4.69) is 30.4 Å². The minimum absolute atomic E-state index is 0.677. The molecular formula is C14H16N2. The first-order valence-electron chi connectivity index (χ1n) is 5.36. The van der Waals surface area contributed by atoms with Gasteiger partial charge in [-0.05, 0) is 17.2 Å². The molecule has 0 amide bonds. The molecule has 0 spiro atoms. The third kappa shape index (κ3) is 2.92. The topological polar surface area (TPSA) is 52.0 Å². The van der Waals surface area contributed by atoms with Crippen LogP contribution < -0.4 is 11.5 Å². The largest absolute Gasteiger partial charge is 0.310 e. The average Bonchev–Trinajstić information content (AvgIpc) is 2.29. The molecule has 82 valence electrons. The fraction of sp³-hybridized carbons (Fsp3) is 0.143. The average molecular weight is 212 g/mol. The lowest BCUT2D eigenvalue weighted by Gasteiger charge is -2.21. The number of nitrogens with two attached hydrogens (primary N) is 2. The maximum absolute atomic E-state index is 5.77. The van der Waals surface area contributed by atoms with Crippen molar-refractivity contribution < 1.29 is 0 Å². The summed E-state index contributed by atoms with van der Waals surface area (Å²) in [5.74, 6) is 0. The molecule has 0 unspecified atom stereocenters. The van der Waals surface area contributed by atoms with Crippen LogP contribution in [0.15, 0.2) is 60.2 Å². The van der Waals surface area contributed by atoms with E-state index in [9.17, 15) is 0 Å². The van der Waals surface area contributed by atoms with Crippen LogP contribution in [0.5, 0.6) is 0 Å². The molecule has 1 aliphatic carbocycles. The van der Waals surface area contributed by atoms with Gasteiger partial charge in [-0.3, -0.25) is 0 Å². The van der Waals surface area contributed by atoms with Gasteiger partial charge in [0.25, 0.3) is 0 Å². The third-order valence-electron chi connectivity index (χ3n) is 2.55. The molecule has 0 bridgehead atoms. The van der Waals surface area contributed by atoms with Crippen LogP contribution in [0, 0.1) is 0 Å². The molecule has 0 aromatic heterocycles. The van der Waals surface area contributed by atoms with Crippen LogP contribution in [-0.4, -0.2) is 5.66 Å². The Morgan fingerprint density at radius 2 is 1.81 bits per heavy atom. The van der Waals surface area contributed by atoms with Crippen molar-refractivity contribution in [3.05, 3.63) is 65.8 Å². The van der Waals surface area contributed by atoms with Gasteiger partial charge in [0.1, 0.15) is 0 Å². The van der Waals surface area contributed by atoms with Gasteiger partial charge in [0.15, 0.2) is 0 Å². The summed E-state index contributed by atoms with van der Waals surface area (Å²) in [5.41, 5.74) is 13.2. The zero-order valence-electron chi connectivity index (χ0n) is 9.14. The quantitative estimate of drug-likeness (QED) is 0.738. The van der Waals surface area contributed by atoms with Gasteiger partial charge in [0.2, 0.25) is 0 Å². The van der Waals surface area contributed by atoms with Crippen molar-refractivity contribution in [1.82, 2.24) is 0 Å². The van der Waals surface area contributed by atoms with Crippen molar-refractivity contribution in [3.63, 3.8) is 0 Å². The monoisotopic (exact) mass is 212 g/mol. The van der Waals surface area contributed by atoms with Crippen molar-refractivity contribution in [2.24, 2.45) is 11.5 Å². The Bertz CT molecular complexity index is 439. The Kier molecular flexibility index (Phi) is 3.04. The van der Waals surface area contributed by atoms with Gasteiger partial charge in [0, 0.05) is 6.42 Å². The maximum atomic E-state index is 5.77. The second-order valence-corrected chi connectivity index (χ2v) is 4.10. The van der Waals surface area contributed by atoms with E-state index in [1.54, 1.807) is 0 Å². The maximum Gasteiger partial charge on any atom is 0.0867 e. The zero-order chi connectivity index (χ0) is 11.4. The van der Waals surface area contributed by atoms with Crippen LogP contribution in [0.25, 0.3) is 6.08 Å². The lowest BCUT2D eigenvalue weighted by atomic mass is 9.98. The number of hydrogen-bond acceptors (Lipinski definition) is 2. The van der Waals surface area contributed by atoms with Crippen molar-refractivity contribution >= 4 is 6.08 Å². The number of hydrogen-bond donors (Lipinski definition) is 2. The standard InChI is InChI=1S/C14H16N2/c15-14(16)10-8-13(9-11-14)7-6-12-4-2-1-3-5-12/h1-10H,11,15-16H2. The first-order chi connectivity index (χ1) is 7.66. The normalized spacial score (nSPS) is 18.8. The van der Waals surface area contributed by atoms with Crippen LogP contribution in [0.2, 0.25) is 0 Å². The summed E-state index contributed by atoms with van der Waals surface area (Å²) in [6.07, 6.45) is 10.7. The van der Waals surface area contributed by atoms with E-state index in [1.807, 2.05) is 30.4 Å². The Morgan fingerprint density at radius 1 is 1.06 bits per heavy atom. The SMILES string of the molecule is NC1(N)C=CC(C=Cc2ccccc2)=CC1. The Balaban J connectivity index is 2.05. The highest BCUT2D eigenvalue weighted by molar-refractivity contribution is 5.55. The van der Waals surface area contributed by atoms with Gasteiger partial charge in [0.05, 0.1) is 5.66 Å². The van der Waals surface area contributed by atoms with Crippen molar-refractivity contribution in [2.75, 3.05) is 0 Å². The summed E-state index contributed by atoms with van der Waals surface area (Å²) in [6, 6.07) is 10.2. The zero-order valence-corrected chi connectivity index (χ0v) is 9.14. The number of benzene rings is 1. The fourth-order valence-corrected chi connectivity index (χ4v) is 1.56. The molecule has 1 aromatic rings. The molecule has 0 fully saturated rings. The Morgan fingerprint density at radius 3 is 2.44 bits per heavy atom. The highest BCUT2D eigenvalue weighted by Crippen LogP contribution is 2.16. The van der Waals surface area contributed by atoms with E-state index < -0.39 is 5.66 Å². The van der Waals surface area contributed by atoms with Crippen LogP contribution in [-0.2, 0) is 0 Å². The lowest BCUT2D eigenvalue weighted by Crippen LogP contribution is -2.47. The minimum Gasteiger partial charge on any atom is -0.310 e. The summed E-state index contributed by atoms with van der Waals surface area (Å²) in [4.78, 5) is 0. The number of allylic oxidation sites excluding steroid dienone is 3. The molecule has 16 heavy (non-hydrogen) atoms. The summed E-state index contributed by atoms with van der Waals surface area (Å²) in [7, 11) is 0. The first kappa shape index (κ1) is 10.9. The van der Waals surface area contributed by atoms with Crippen molar-refractivity contribution in [2.45, 2.75) is 12.1 Å². The van der Waals surface area contributed by atoms with Gasteiger partial charge < -0.3 is 11.5 Å². The molecule has 0 atom stereocenters. The first-order valence-corrected chi connectivity index (χ1v) is 5.36. The van der Waals surface area contributed by atoms with Crippen molar-refractivity contribution in [1.29, 1.82) is 0 Å². The highest BCUT2D eigenvalue weighted by Gasteiger charge is 2.15. The minimum atomic E-state index is -0.677. The molecule has 1 aliphatic rings. The Hall–Kier alpha value is -1.64. The third-order valence-corrected chi connectivity index (χ3v) is 2.55. The second-order valence-electron chi connectivity index (χ2n) is 4.10. The van der Waals surface area contributed by atoms with E-state index in [4.69, 9.17) is 11.5 Å². The number of rotatable bonds is 2. The molecular weight excluding hydrogens is 196 g/mol. The van der Waals surface area contributed by atoms with Crippen LogP contribution in [0.3, 0.4) is 0 Å². The van der Waals surface area contributed by atoms with E-state index in [-0.39, 0.29) is 0 Å².